The minimum absolute atomic E-state index is 0.0331. The Morgan fingerprint density at radius 2 is 2.05 bits per heavy atom. The van der Waals surface area contributed by atoms with Gasteiger partial charge in [0.1, 0.15) is 5.52 Å². The zero-order chi connectivity index (χ0) is 14.8. The van der Waals surface area contributed by atoms with E-state index >= 15 is 0 Å². The summed E-state index contributed by atoms with van der Waals surface area (Å²) >= 11 is 5.92. The van der Waals surface area contributed by atoms with Gasteiger partial charge in [-0.25, -0.2) is 9.50 Å². The van der Waals surface area contributed by atoms with Crippen LogP contribution in [0.25, 0.3) is 5.52 Å². The van der Waals surface area contributed by atoms with Crippen molar-refractivity contribution in [2.75, 3.05) is 23.9 Å². The SMILES string of the molecule is CCCN(CCCl)c1nccn2nc(C(C)(C)C)cc12. The van der Waals surface area contributed by atoms with Crippen molar-refractivity contribution in [3.63, 3.8) is 0 Å². The molecule has 4 nitrogen and oxygen atoms in total. The van der Waals surface area contributed by atoms with Crippen LogP contribution < -0.4 is 4.90 Å². The molecule has 2 rings (SSSR count). The summed E-state index contributed by atoms with van der Waals surface area (Å²) in [7, 11) is 0. The number of alkyl halides is 1. The molecule has 2 aromatic rings. The molecule has 20 heavy (non-hydrogen) atoms. The quantitative estimate of drug-likeness (QED) is 0.792. The smallest absolute Gasteiger partial charge is 0.154 e. The van der Waals surface area contributed by atoms with E-state index in [0.717, 1.165) is 36.5 Å². The normalized spacial score (nSPS) is 12.1. The van der Waals surface area contributed by atoms with Gasteiger partial charge in [0.15, 0.2) is 5.82 Å². The van der Waals surface area contributed by atoms with E-state index < -0.39 is 0 Å². The summed E-state index contributed by atoms with van der Waals surface area (Å²) in [6.07, 6.45) is 4.78. The van der Waals surface area contributed by atoms with Gasteiger partial charge in [0.2, 0.25) is 0 Å². The molecule has 0 fully saturated rings. The number of rotatable bonds is 5. The highest BCUT2D eigenvalue weighted by Crippen LogP contribution is 2.26. The van der Waals surface area contributed by atoms with Gasteiger partial charge < -0.3 is 4.90 Å². The van der Waals surface area contributed by atoms with E-state index in [-0.39, 0.29) is 5.41 Å². The lowest BCUT2D eigenvalue weighted by Crippen LogP contribution is -2.27. The number of fused-ring (bicyclic) bond motifs is 1. The van der Waals surface area contributed by atoms with Crippen molar-refractivity contribution in [2.24, 2.45) is 0 Å². The Bertz CT molecular complexity index is 565. The number of hydrogen-bond donors (Lipinski definition) is 0. The molecule has 0 amide bonds. The fraction of sp³-hybridized carbons (Fsp3) is 0.600. The number of hydrogen-bond acceptors (Lipinski definition) is 3. The third kappa shape index (κ3) is 3.06. The predicted octanol–water partition coefficient (Wildman–Crippen LogP) is 3.48. The Hall–Kier alpha value is -1.29. The zero-order valence-electron chi connectivity index (χ0n) is 12.7. The lowest BCUT2D eigenvalue weighted by Gasteiger charge is -2.22. The van der Waals surface area contributed by atoms with Gasteiger partial charge >= 0.3 is 0 Å². The summed E-state index contributed by atoms with van der Waals surface area (Å²) < 4.78 is 1.92. The van der Waals surface area contributed by atoms with Gasteiger partial charge in [-0.15, -0.1) is 11.6 Å². The first kappa shape index (κ1) is 15.1. The average Bonchev–Trinajstić information content (AvgIpc) is 2.82. The highest BCUT2D eigenvalue weighted by atomic mass is 35.5. The number of aromatic nitrogens is 3. The molecule has 2 heterocycles. The van der Waals surface area contributed by atoms with E-state index in [1.807, 2.05) is 10.7 Å². The van der Waals surface area contributed by atoms with E-state index in [0.29, 0.717) is 5.88 Å². The molecule has 0 saturated carbocycles. The Labute approximate surface area is 125 Å². The molecule has 0 unspecified atom stereocenters. The monoisotopic (exact) mass is 294 g/mol. The highest BCUT2D eigenvalue weighted by Gasteiger charge is 2.20. The fourth-order valence-corrected chi connectivity index (χ4v) is 2.42. The number of nitrogens with zero attached hydrogens (tertiary/aromatic N) is 4. The predicted molar refractivity (Wildman–Crippen MR) is 84.9 cm³/mol. The van der Waals surface area contributed by atoms with Crippen LogP contribution in [0.1, 0.15) is 39.8 Å². The second-order valence-electron chi connectivity index (χ2n) is 6.04. The van der Waals surface area contributed by atoms with Gasteiger partial charge in [-0.2, -0.15) is 5.10 Å². The summed E-state index contributed by atoms with van der Waals surface area (Å²) in [6.45, 7) is 10.4. The minimum atomic E-state index is 0.0331. The van der Waals surface area contributed by atoms with Crippen LogP contribution >= 0.6 is 11.6 Å². The van der Waals surface area contributed by atoms with Crippen molar-refractivity contribution in [1.29, 1.82) is 0 Å². The van der Waals surface area contributed by atoms with Crippen LogP contribution in [-0.2, 0) is 5.41 Å². The third-order valence-corrected chi connectivity index (χ3v) is 3.45. The van der Waals surface area contributed by atoms with Crippen molar-refractivity contribution >= 4 is 22.9 Å². The number of anilines is 1. The molecule has 0 atom stereocenters. The second kappa shape index (κ2) is 6.00. The molecule has 0 spiro atoms. The van der Waals surface area contributed by atoms with Crippen LogP contribution in [0.3, 0.4) is 0 Å². The first-order chi connectivity index (χ1) is 9.47. The summed E-state index contributed by atoms with van der Waals surface area (Å²) in [4.78, 5) is 6.78. The average molecular weight is 295 g/mol. The van der Waals surface area contributed by atoms with Crippen molar-refractivity contribution in [2.45, 2.75) is 39.5 Å². The topological polar surface area (TPSA) is 33.4 Å². The summed E-state index contributed by atoms with van der Waals surface area (Å²) in [5, 5.41) is 4.66. The van der Waals surface area contributed by atoms with Gasteiger partial charge in [-0.1, -0.05) is 27.7 Å². The lowest BCUT2D eigenvalue weighted by atomic mass is 9.92. The maximum absolute atomic E-state index is 5.92. The van der Waals surface area contributed by atoms with E-state index in [2.05, 4.69) is 48.7 Å². The minimum Gasteiger partial charge on any atom is -0.354 e. The molecule has 2 aromatic heterocycles. The highest BCUT2D eigenvalue weighted by molar-refractivity contribution is 6.18. The van der Waals surface area contributed by atoms with Crippen LogP contribution in [0.15, 0.2) is 18.5 Å². The van der Waals surface area contributed by atoms with Gasteiger partial charge in [0, 0.05) is 36.8 Å². The van der Waals surface area contributed by atoms with Gasteiger partial charge in [0.25, 0.3) is 0 Å². The van der Waals surface area contributed by atoms with E-state index in [9.17, 15) is 0 Å². The Balaban J connectivity index is 2.50. The molecule has 0 saturated heterocycles. The molecule has 0 bridgehead atoms. The molecule has 0 radical (unpaired) electrons. The van der Waals surface area contributed by atoms with Gasteiger partial charge in [-0.3, -0.25) is 0 Å². The maximum atomic E-state index is 5.92. The van der Waals surface area contributed by atoms with Crippen molar-refractivity contribution < 1.29 is 0 Å². The maximum Gasteiger partial charge on any atom is 0.154 e. The standard InChI is InChI=1S/C15H23ClN4/c1-5-8-19(9-6-16)14-12-11-13(15(2,3)4)18-20(12)10-7-17-14/h7,10-11H,5-6,8-9H2,1-4H3. The molecule has 110 valence electrons. The second-order valence-corrected chi connectivity index (χ2v) is 6.41. The Morgan fingerprint density at radius 3 is 2.65 bits per heavy atom. The molecule has 0 N–H and O–H groups in total. The van der Waals surface area contributed by atoms with Crippen molar-refractivity contribution in [3.05, 3.63) is 24.2 Å². The van der Waals surface area contributed by atoms with Crippen LogP contribution in [0.5, 0.6) is 0 Å². The van der Waals surface area contributed by atoms with Crippen LogP contribution in [0.4, 0.5) is 5.82 Å². The van der Waals surface area contributed by atoms with E-state index in [1.54, 1.807) is 6.20 Å². The first-order valence-corrected chi connectivity index (χ1v) is 7.66. The molecule has 0 aliphatic carbocycles. The lowest BCUT2D eigenvalue weighted by molar-refractivity contribution is 0.562. The van der Waals surface area contributed by atoms with Crippen molar-refractivity contribution in [3.8, 4) is 0 Å². The number of halogens is 1. The summed E-state index contributed by atoms with van der Waals surface area (Å²) in [6, 6.07) is 2.14. The molecule has 0 aliphatic rings. The third-order valence-electron chi connectivity index (χ3n) is 3.29. The largest absolute Gasteiger partial charge is 0.354 e. The van der Waals surface area contributed by atoms with E-state index in [1.165, 1.54) is 0 Å². The molecule has 5 heteroatoms. The first-order valence-electron chi connectivity index (χ1n) is 7.13. The van der Waals surface area contributed by atoms with Crippen LogP contribution in [0.2, 0.25) is 0 Å². The van der Waals surface area contributed by atoms with Crippen LogP contribution in [0, 0.1) is 0 Å². The summed E-state index contributed by atoms with van der Waals surface area (Å²) in [5.74, 6) is 1.57. The van der Waals surface area contributed by atoms with Gasteiger partial charge in [-0.05, 0) is 12.5 Å². The zero-order valence-corrected chi connectivity index (χ0v) is 13.5. The molecular formula is C15H23ClN4. The Kier molecular flexibility index (Phi) is 4.53. The molecular weight excluding hydrogens is 272 g/mol. The van der Waals surface area contributed by atoms with Crippen molar-refractivity contribution in [1.82, 2.24) is 14.6 Å². The van der Waals surface area contributed by atoms with E-state index in [4.69, 9.17) is 11.6 Å². The Morgan fingerprint density at radius 1 is 1.30 bits per heavy atom. The van der Waals surface area contributed by atoms with Gasteiger partial charge in [0.05, 0.1) is 5.69 Å². The summed E-state index contributed by atoms with van der Waals surface area (Å²) in [5.41, 5.74) is 2.16. The van der Waals surface area contributed by atoms with Crippen LogP contribution in [-0.4, -0.2) is 33.6 Å². The molecule has 0 aliphatic heterocycles. The molecule has 0 aromatic carbocycles. The fourth-order valence-electron chi connectivity index (χ4n) is 2.21.